The molecule has 1 unspecified atom stereocenters. The second-order valence-electron chi connectivity index (χ2n) is 6.95. The molecule has 0 aliphatic heterocycles. The van der Waals surface area contributed by atoms with Gasteiger partial charge in [0.1, 0.15) is 12.4 Å². The van der Waals surface area contributed by atoms with Gasteiger partial charge in [0.2, 0.25) is 5.89 Å². The van der Waals surface area contributed by atoms with E-state index in [1.165, 1.54) is 18.7 Å². The zero-order chi connectivity index (χ0) is 22.2. The van der Waals surface area contributed by atoms with Crippen LogP contribution >= 0.6 is 11.8 Å². The van der Waals surface area contributed by atoms with Gasteiger partial charge in [-0.05, 0) is 69.3 Å². The summed E-state index contributed by atoms with van der Waals surface area (Å²) in [5.41, 5.74) is 2.63. The van der Waals surface area contributed by atoms with E-state index in [-0.39, 0.29) is 12.4 Å². The summed E-state index contributed by atoms with van der Waals surface area (Å²) >= 11 is 1.28. The summed E-state index contributed by atoms with van der Waals surface area (Å²) in [6, 6.07) is 14.9. The van der Waals surface area contributed by atoms with Crippen LogP contribution in [0.5, 0.6) is 5.75 Å². The molecular formula is C23H27N3O4S. The van der Waals surface area contributed by atoms with Crippen molar-refractivity contribution in [3.8, 4) is 17.2 Å². The first kappa shape index (κ1) is 22.8. The molecule has 3 rings (SSSR count). The van der Waals surface area contributed by atoms with Crippen LogP contribution in [0.15, 0.2) is 58.2 Å². The Morgan fingerprint density at radius 3 is 2.39 bits per heavy atom. The van der Waals surface area contributed by atoms with Gasteiger partial charge < -0.3 is 19.2 Å². The summed E-state index contributed by atoms with van der Waals surface area (Å²) in [6.45, 7) is 7.80. The number of hydrogen-bond donors (Lipinski definition) is 1. The number of benzene rings is 2. The summed E-state index contributed by atoms with van der Waals surface area (Å²) in [5.74, 6) is 1.41. The number of nitrogens with zero attached hydrogens (tertiary/aromatic N) is 3. The molecule has 31 heavy (non-hydrogen) atoms. The Morgan fingerprint density at radius 2 is 1.77 bits per heavy atom. The van der Waals surface area contributed by atoms with Gasteiger partial charge in [-0.2, -0.15) is 0 Å². The number of ether oxygens (including phenoxy) is 1. The van der Waals surface area contributed by atoms with E-state index in [1.807, 2.05) is 24.3 Å². The summed E-state index contributed by atoms with van der Waals surface area (Å²) in [4.78, 5) is 13.6. The zero-order valence-electron chi connectivity index (χ0n) is 17.9. The molecule has 1 heterocycles. The van der Waals surface area contributed by atoms with Crippen molar-refractivity contribution in [3.63, 3.8) is 0 Å². The second-order valence-corrected chi connectivity index (χ2v) is 7.92. The molecule has 164 valence electrons. The van der Waals surface area contributed by atoms with Crippen molar-refractivity contribution < 1.29 is 19.1 Å². The highest BCUT2D eigenvalue weighted by molar-refractivity contribution is 7.99. The molecule has 0 aliphatic rings. The van der Waals surface area contributed by atoms with Gasteiger partial charge in [0, 0.05) is 35.7 Å². The van der Waals surface area contributed by atoms with E-state index in [0.29, 0.717) is 28.2 Å². The van der Waals surface area contributed by atoms with Crippen LogP contribution in [0.4, 0.5) is 5.69 Å². The third-order valence-corrected chi connectivity index (χ3v) is 5.72. The van der Waals surface area contributed by atoms with E-state index in [4.69, 9.17) is 9.15 Å². The molecule has 7 nitrogen and oxygen atoms in total. The molecule has 2 aromatic carbocycles. The predicted molar refractivity (Wildman–Crippen MR) is 122 cm³/mol. The Morgan fingerprint density at radius 1 is 1.10 bits per heavy atom. The number of aromatic nitrogens is 2. The minimum absolute atomic E-state index is 0.00162. The number of rotatable bonds is 11. The molecule has 0 saturated carbocycles. The Hall–Kier alpha value is -2.84. The fourth-order valence-electron chi connectivity index (χ4n) is 2.98. The number of aliphatic hydroxyl groups excluding tert-OH is 1. The number of thioether (sulfide) groups is 1. The van der Waals surface area contributed by atoms with Crippen LogP contribution in [-0.2, 0) is 0 Å². The first-order chi connectivity index (χ1) is 15.0. The first-order valence-corrected chi connectivity index (χ1v) is 11.2. The maximum absolute atomic E-state index is 11.3. The standard InChI is InChI=1S/C23H27N3O4S/c1-4-26(5-2)19-10-6-18(7-11-19)22-24-25-23(30-22)31-15-20(28)14-29-21-12-8-17(9-13-21)16(3)27/h6-13,20,28H,4-5,14-15H2,1-3H3. The number of carbonyl (C=O) groups excluding carboxylic acids is 1. The Balaban J connectivity index is 1.48. The lowest BCUT2D eigenvalue weighted by molar-refractivity contribution is 0.101. The Labute approximate surface area is 186 Å². The van der Waals surface area contributed by atoms with Crippen molar-refractivity contribution in [2.45, 2.75) is 32.1 Å². The SMILES string of the molecule is CCN(CC)c1ccc(-c2nnc(SCC(O)COc3ccc(C(C)=O)cc3)o2)cc1. The number of ketones is 1. The van der Waals surface area contributed by atoms with E-state index in [2.05, 4.69) is 28.9 Å². The van der Waals surface area contributed by atoms with E-state index >= 15 is 0 Å². The highest BCUT2D eigenvalue weighted by Crippen LogP contribution is 2.26. The van der Waals surface area contributed by atoms with Gasteiger partial charge in [-0.3, -0.25) is 4.79 Å². The number of carbonyl (C=O) groups is 1. The van der Waals surface area contributed by atoms with Gasteiger partial charge in [0.25, 0.3) is 5.22 Å². The first-order valence-electron chi connectivity index (χ1n) is 10.2. The van der Waals surface area contributed by atoms with Gasteiger partial charge >= 0.3 is 0 Å². The third-order valence-electron chi connectivity index (χ3n) is 4.75. The van der Waals surface area contributed by atoms with E-state index < -0.39 is 6.10 Å². The van der Waals surface area contributed by atoms with Crippen LogP contribution in [0.1, 0.15) is 31.1 Å². The van der Waals surface area contributed by atoms with Crippen molar-refractivity contribution in [3.05, 3.63) is 54.1 Å². The summed E-state index contributed by atoms with van der Waals surface area (Å²) in [6.07, 6.45) is -0.707. The van der Waals surface area contributed by atoms with Crippen molar-refractivity contribution >= 4 is 23.2 Å². The van der Waals surface area contributed by atoms with Gasteiger partial charge in [0.15, 0.2) is 5.78 Å². The number of aliphatic hydroxyl groups is 1. The van der Waals surface area contributed by atoms with Crippen molar-refractivity contribution in [1.29, 1.82) is 0 Å². The van der Waals surface area contributed by atoms with E-state index in [9.17, 15) is 9.90 Å². The van der Waals surface area contributed by atoms with Crippen LogP contribution in [0.25, 0.3) is 11.5 Å². The maximum Gasteiger partial charge on any atom is 0.276 e. The van der Waals surface area contributed by atoms with Gasteiger partial charge in [-0.15, -0.1) is 10.2 Å². The smallest absolute Gasteiger partial charge is 0.276 e. The number of hydrogen-bond acceptors (Lipinski definition) is 8. The summed E-state index contributed by atoms with van der Waals surface area (Å²) in [7, 11) is 0. The summed E-state index contributed by atoms with van der Waals surface area (Å²) in [5, 5.41) is 18.7. The van der Waals surface area contributed by atoms with Gasteiger partial charge in [-0.25, -0.2) is 0 Å². The van der Waals surface area contributed by atoms with Crippen LogP contribution in [0, 0.1) is 0 Å². The molecule has 0 bridgehead atoms. The summed E-state index contributed by atoms with van der Waals surface area (Å²) < 4.78 is 11.3. The lowest BCUT2D eigenvalue weighted by Crippen LogP contribution is -2.21. The molecule has 0 fully saturated rings. The van der Waals surface area contributed by atoms with Crippen LogP contribution in [-0.4, -0.2) is 52.6 Å². The van der Waals surface area contributed by atoms with E-state index in [0.717, 1.165) is 24.3 Å². The molecule has 3 aromatic rings. The normalized spacial score (nSPS) is 11.9. The number of anilines is 1. The van der Waals surface area contributed by atoms with Gasteiger partial charge in [0.05, 0.1) is 6.10 Å². The fourth-order valence-corrected chi connectivity index (χ4v) is 3.65. The molecule has 0 spiro atoms. The molecule has 8 heteroatoms. The zero-order valence-corrected chi connectivity index (χ0v) is 18.8. The highest BCUT2D eigenvalue weighted by atomic mass is 32.2. The molecule has 0 aliphatic carbocycles. The highest BCUT2D eigenvalue weighted by Gasteiger charge is 2.13. The predicted octanol–water partition coefficient (Wildman–Crippen LogP) is 4.32. The number of Topliss-reactive ketones (excluding diaryl/α,β-unsaturated/α-hetero) is 1. The lowest BCUT2D eigenvalue weighted by atomic mass is 10.1. The molecule has 1 aromatic heterocycles. The molecular weight excluding hydrogens is 414 g/mol. The van der Waals surface area contributed by atoms with E-state index in [1.54, 1.807) is 24.3 Å². The molecule has 0 amide bonds. The van der Waals surface area contributed by atoms with Crippen molar-refractivity contribution in [2.24, 2.45) is 0 Å². The topological polar surface area (TPSA) is 88.7 Å². The van der Waals surface area contributed by atoms with Crippen molar-refractivity contribution in [2.75, 3.05) is 30.3 Å². The monoisotopic (exact) mass is 441 g/mol. The molecule has 0 saturated heterocycles. The second kappa shape index (κ2) is 11.0. The van der Waals surface area contributed by atoms with Gasteiger partial charge in [-0.1, -0.05) is 11.8 Å². The molecule has 1 N–H and O–H groups in total. The van der Waals surface area contributed by atoms with Crippen LogP contribution < -0.4 is 9.64 Å². The van der Waals surface area contributed by atoms with Crippen LogP contribution in [0.3, 0.4) is 0 Å². The Kier molecular flexibility index (Phi) is 8.08. The fraction of sp³-hybridized carbons (Fsp3) is 0.348. The molecule has 0 radical (unpaired) electrons. The lowest BCUT2D eigenvalue weighted by Gasteiger charge is -2.20. The third kappa shape index (κ3) is 6.32. The van der Waals surface area contributed by atoms with Crippen LogP contribution in [0.2, 0.25) is 0 Å². The largest absolute Gasteiger partial charge is 0.491 e. The average Bonchev–Trinajstić information content (AvgIpc) is 3.27. The maximum atomic E-state index is 11.3. The minimum atomic E-state index is -0.707. The molecule has 1 atom stereocenters. The quantitative estimate of drug-likeness (QED) is 0.348. The average molecular weight is 442 g/mol. The Bertz CT molecular complexity index is 969. The minimum Gasteiger partial charge on any atom is -0.491 e. The van der Waals surface area contributed by atoms with Crippen molar-refractivity contribution in [1.82, 2.24) is 10.2 Å².